The smallest absolute Gasteiger partial charge is 0.207 e. The first-order chi connectivity index (χ1) is 20.9. The van der Waals surface area contributed by atoms with E-state index in [1.54, 1.807) is 0 Å². The quantitative estimate of drug-likeness (QED) is 0.194. The first-order valence-corrected chi connectivity index (χ1v) is 15.9. The molecule has 2 aliphatic rings. The number of hydrogen-bond acceptors (Lipinski definition) is 4. The number of ether oxygens (including phenoxy) is 2. The molecule has 2 aliphatic heterocycles. The summed E-state index contributed by atoms with van der Waals surface area (Å²) in [5, 5.41) is 0.979. The highest BCUT2D eigenvalue weighted by Crippen LogP contribution is 2.64. The SMILES string of the molecule is Cc1ccc(P2OC(c3ccccc3)(c3ccccc3)[C@@H]3OC(C)(C)O[C@H]3C(c3ccccc3)(c3ccccc3)O2)cc1. The van der Waals surface area contributed by atoms with Crippen LogP contribution in [0.25, 0.3) is 0 Å². The van der Waals surface area contributed by atoms with Crippen LogP contribution in [0.1, 0.15) is 41.7 Å². The number of rotatable bonds is 5. The first kappa shape index (κ1) is 28.2. The molecule has 0 aromatic heterocycles. The van der Waals surface area contributed by atoms with E-state index in [4.69, 9.17) is 18.5 Å². The summed E-state index contributed by atoms with van der Waals surface area (Å²) in [6.07, 6.45) is -1.16. The van der Waals surface area contributed by atoms with Crippen molar-refractivity contribution in [3.05, 3.63) is 173 Å². The summed E-state index contributed by atoms with van der Waals surface area (Å²) >= 11 is 0. The third kappa shape index (κ3) is 4.84. The van der Waals surface area contributed by atoms with Crippen LogP contribution in [-0.2, 0) is 29.7 Å². The molecule has 0 amide bonds. The van der Waals surface area contributed by atoms with Crippen molar-refractivity contribution in [2.45, 2.75) is 50.0 Å². The monoisotopic (exact) mass is 586 g/mol. The molecule has 43 heavy (non-hydrogen) atoms. The zero-order valence-corrected chi connectivity index (χ0v) is 25.5. The van der Waals surface area contributed by atoms with Crippen molar-refractivity contribution in [3.8, 4) is 0 Å². The molecule has 216 valence electrons. The Labute approximate surface area is 255 Å². The molecule has 0 N–H and O–H groups in total. The molecule has 2 heterocycles. The van der Waals surface area contributed by atoms with Crippen molar-refractivity contribution in [1.29, 1.82) is 0 Å². The Hall–Kier alpha value is -3.63. The minimum atomic E-state index is -1.69. The Morgan fingerprint density at radius 1 is 0.465 bits per heavy atom. The second-order valence-corrected chi connectivity index (χ2v) is 13.1. The highest BCUT2D eigenvalue weighted by atomic mass is 31.2. The van der Waals surface area contributed by atoms with E-state index in [0.717, 1.165) is 27.6 Å². The highest BCUT2D eigenvalue weighted by Gasteiger charge is 2.67. The zero-order chi connectivity index (χ0) is 29.5. The van der Waals surface area contributed by atoms with Crippen LogP contribution in [0.15, 0.2) is 146 Å². The summed E-state index contributed by atoms with van der Waals surface area (Å²) in [7, 11) is -1.69. The van der Waals surface area contributed by atoms with Crippen LogP contribution >= 0.6 is 8.38 Å². The van der Waals surface area contributed by atoms with Crippen molar-refractivity contribution in [1.82, 2.24) is 0 Å². The van der Waals surface area contributed by atoms with Gasteiger partial charge in [-0.15, -0.1) is 0 Å². The van der Waals surface area contributed by atoms with Gasteiger partial charge in [-0.2, -0.15) is 0 Å². The predicted molar refractivity (Wildman–Crippen MR) is 171 cm³/mol. The second-order valence-electron chi connectivity index (χ2n) is 11.7. The van der Waals surface area contributed by atoms with Crippen LogP contribution in [0.3, 0.4) is 0 Å². The third-order valence-corrected chi connectivity index (χ3v) is 10.0. The fraction of sp³-hybridized carbons (Fsp3) is 0.211. The predicted octanol–water partition coefficient (Wildman–Crippen LogP) is 8.39. The van der Waals surface area contributed by atoms with E-state index in [-0.39, 0.29) is 0 Å². The molecule has 0 saturated carbocycles. The van der Waals surface area contributed by atoms with Gasteiger partial charge in [0.15, 0.2) is 17.0 Å². The first-order valence-electron chi connectivity index (χ1n) is 14.8. The topological polar surface area (TPSA) is 36.9 Å². The van der Waals surface area contributed by atoms with E-state index >= 15 is 0 Å². The lowest BCUT2D eigenvalue weighted by molar-refractivity contribution is -0.173. The lowest BCUT2D eigenvalue weighted by Gasteiger charge is -2.41. The van der Waals surface area contributed by atoms with Gasteiger partial charge in [0.1, 0.15) is 12.2 Å². The average molecular weight is 587 g/mol. The summed E-state index contributed by atoms with van der Waals surface area (Å²) in [6, 6.07) is 50.0. The van der Waals surface area contributed by atoms with Gasteiger partial charge in [-0.1, -0.05) is 139 Å². The van der Waals surface area contributed by atoms with Crippen LogP contribution in [0.5, 0.6) is 0 Å². The molecule has 0 unspecified atom stereocenters. The molecule has 5 aromatic carbocycles. The lowest BCUT2D eigenvalue weighted by Crippen LogP contribution is -2.53. The van der Waals surface area contributed by atoms with Crippen LogP contribution in [0.4, 0.5) is 0 Å². The van der Waals surface area contributed by atoms with E-state index in [1.165, 1.54) is 5.56 Å². The molecule has 2 atom stereocenters. The van der Waals surface area contributed by atoms with Gasteiger partial charge in [0.2, 0.25) is 8.38 Å². The van der Waals surface area contributed by atoms with Gasteiger partial charge < -0.3 is 18.5 Å². The van der Waals surface area contributed by atoms with Crippen molar-refractivity contribution >= 4 is 13.7 Å². The summed E-state index contributed by atoms with van der Waals surface area (Å²) in [5.41, 5.74) is 3.00. The van der Waals surface area contributed by atoms with Gasteiger partial charge in [0.25, 0.3) is 0 Å². The van der Waals surface area contributed by atoms with Gasteiger partial charge in [-0.05, 0) is 55.2 Å². The van der Waals surface area contributed by atoms with Gasteiger partial charge in [-0.25, -0.2) is 0 Å². The average Bonchev–Trinajstić information content (AvgIpc) is 3.33. The van der Waals surface area contributed by atoms with E-state index in [0.29, 0.717) is 0 Å². The van der Waals surface area contributed by atoms with E-state index < -0.39 is 37.6 Å². The second kappa shape index (κ2) is 11.1. The number of benzene rings is 5. The highest BCUT2D eigenvalue weighted by molar-refractivity contribution is 7.56. The van der Waals surface area contributed by atoms with Crippen molar-refractivity contribution in [2.24, 2.45) is 0 Å². The Morgan fingerprint density at radius 3 is 1.12 bits per heavy atom. The summed E-state index contributed by atoms with van der Waals surface area (Å²) in [4.78, 5) is 0. The minimum absolute atomic E-state index is 0.578. The minimum Gasteiger partial charge on any atom is -0.341 e. The maximum Gasteiger partial charge on any atom is 0.207 e. The standard InChI is InChI=1S/C38H35O4P/c1-28-24-26-33(27-25-28)43-41-37(29-16-8-4-9-17-29,30-18-10-5-11-19-30)34-35(40-36(2,3)39-34)38(42-43,31-20-12-6-13-21-31)32-22-14-7-15-23-32/h4-27,34-35H,1-3H3/t34-,35-/m1/s1. The molecule has 2 saturated heterocycles. The van der Waals surface area contributed by atoms with Crippen molar-refractivity contribution < 1.29 is 18.5 Å². The van der Waals surface area contributed by atoms with Crippen LogP contribution in [-0.4, -0.2) is 18.0 Å². The van der Waals surface area contributed by atoms with Gasteiger partial charge >= 0.3 is 0 Å². The summed E-state index contributed by atoms with van der Waals surface area (Å²) < 4.78 is 29.2. The molecule has 5 heteroatoms. The zero-order valence-electron chi connectivity index (χ0n) is 24.6. The van der Waals surface area contributed by atoms with Crippen molar-refractivity contribution in [2.75, 3.05) is 0 Å². The molecule has 5 aromatic rings. The van der Waals surface area contributed by atoms with Crippen molar-refractivity contribution in [3.63, 3.8) is 0 Å². The largest absolute Gasteiger partial charge is 0.341 e. The molecule has 0 radical (unpaired) electrons. The van der Waals surface area contributed by atoms with E-state index in [1.807, 2.05) is 38.1 Å². The maximum atomic E-state index is 7.54. The number of hydrogen-bond donors (Lipinski definition) is 0. The number of aryl methyl sites for hydroxylation is 1. The Kier molecular flexibility index (Phi) is 7.29. The van der Waals surface area contributed by atoms with Crippen LogP contribution in [0, 0.1) is 6.92 Å². The van der Waals surface area contributed by atoms with Crippen LogP contribution in [0.2, 0.25) is 0 Å². The summed E-state index contributed by atoms with van der Waals surface area (Å²) in [6.45, 7) is 6.05. The normalized spacial score (nSPS) is 22.4. The molecule has 2 fully saturated rings. The maximum absolute atomic E-state index is 7.54. The molecule has 7 rings (SSSR count). The lowest BCUT2D eigenvalue weighted by atomic mass is 9.72. The molecular weight excluding hydrogens is 551 g/mol. The fourth-order valence-corrected chi connectivity index (χ4v) is 8.25. The summed E-state index contributed by atoms with van der Waals surface area (Å²) in [5.74, 6) is -0.907. The molecule has 0 bridgehead atoms. The molecule has 0 aliphatic carbocycles. The Balaban J connectivity index is 1.59. The Morgan fingerprint density at radius 2 is 0.791 bits per heavy atom. The molecule has 0 spiro atoms. The van der Waals surface area contributed by atoms with E-state index in [2.05, 4.69) is 128 Å². The van der Waals surface area contributed by atoms with Gasteiger partial charge in [0.05, 0.1) is 0 Å². The number of fused-ring (bicyclic) bond motifs is 1. The fourth-order valence-electron chi connectivity index (χ4n) is 6.46. The van der Waals surface area contributed by atoms with Gasteiger partial charge in [-0.3, -0.25) is 0 Å². The molecular formula is C38H35O4P. The molecule has 4 nitrogen and oxygen atoms in total. The Bertz CT molecular complexity index is 1480. The van der Waals surface area contributed by atoms with E-state index in [9.17, 15) is 0 Å². The van der Waals surface area contributed by atoms with Crippen LogP contribution < -0.4 is 5.30 Å². The van der Waals surface area contributed by atoms with Gasteiger partial charge in [0, 0.05) is 5.30 Å². The third-order valence-electron chi connectivity index (χ3n) is 8.41.